The largest absolute Gasteiger partial charge is 0.493 e. The van der Waals surface area contributed by atoms with E-state index in [0.717, 1.165) is 10.1 Å². The number of carbonyl (C=O) groups excluding carboxylic acids is 2. The highest BCUT2D eigenvalue weighted by Crippen LogP contribution is 2.36. The van der Waals surface area contributed by atoms with Gasteiger partial charge in [0.2, 0.25) is 0 Å². The second-order valence-corrected chi connectivity index (χ2v) is 6.37. The van der Waals surface area contributed by atoms with Crippen LogP contribution in [0.1, 0.15) is 20.7 Å². The van der Waals surface area contributed by atoms with E-state index in [1.807, 2.05) is 24.3 Å². The lowest BCUT2D eigenvalue weighted by molar-refractivity contribution is 0.0604. The fourth-order valence-electron chi connectivity index (χ4n) is 2.59. The molecule has 0 saturated carbocycles. The molecular weight excluding hydrogens is 354 g/mol. The van der Waals surface area contributed by atoms with Gasteiger partial charge in [0.15, 0.2) is 11.5 Å². The highest BCUT2D eigenvalue weighted by molar-refractivity contribution is 7.23. The standard InChI is InChI=1S/C19H17NO5S/c1-23-13-9-8-11(10-14(13)24-2)17(21)20-18-16(19(22)25-3)12-6-4-5-7-15(12)26-18/h4-10H,1-3H3,(H,20,21). The van der Waals surface area contributed by atoms with Crippen LogP contribution in [0.4, 0.5) is 5.00 Å². The molecule has 0 aliphatic carbocycles. The molecule has 26 heavy (non-hydrogen) atoms. The van der Waals surface area contributed by atoms with Crippen LogP contribution < -0.4 is 14.8 Å². The SMILES string of the molecule is COC(=O)c1c(NC(=O)c2ccc(OC)c(OC)c2)sc2ccccc12. The van der Waals surface area contributed by atoms with Gasteiger partial charge in [0.1, 0.15) is 10.6 Å². The van der Waals surface area contributed by atoms with Crippen molar-refractivity contribution in [3.05, 3.63) is 53.6 Å². The maximum absolute atomic E-state index is 12.7. The van der Waals surface area contributed by atoms with Gasteiger partial charge < -0.3 is 19.5 Å². The number of hydrogen-bond acceptors (Lipinski definition) is 6. The summed E-state index contributed by atoms with van der Waals surface area (Å²) in [7, 11) is 4.34. The van der Waals surface area contributed by atoms with Gasteiger partial charge >= 0.3 is 5.97 Å². The first-order valence-corrected chi connectivity index (χ1v) is 8.54. The van der Waals surface area contributed by atoms with Crippen molar-refractivity contribution in [1.29, 1.82) is 0 Å². The molecule has 0 bridgehead atoms. The van der Waals surface area contributed by atoms with E-state index in [-0.39, 0.29) is 5.91 Å². The van der Waals surface area contributed by atoms with E-state index in [9.17, 15) is 9.59 Å². The summed E-state index contributed by atoms with van der Waals surface area (Å²) in [5.74, 6) is 0.124. The smallest absolute Gasteiger partial charge is 0.341 e. The molecule has 1 heterocycles. The molecule has 1 amide bonds. The molecule has 2 aromatic carbocycles. The molecule has 1 aromatic heterocycles. The number of nitrogens with one attached hydrogen (secondary N) is 1. The summed E-state index contributed by atoms with van der Waals surface area (Å²) < 4.78 is 16.2. The highest BCUT2D eigenvalue weighted by Gasteiger charge is 2.21. The third kappa shape index (κ3) is 3.21. The Labute approximate surface area is 154 Å². The van der Waals surface area contributed by atoms with E-state index in [4.69, 9.17) is 14.2 Å². The van der Waals surface area contributed by atoms with E-state index in [0.29, 0.717) is 27.6 Å². The van der Waals surface area contributed by atoms with Gasteiger partial charge in [-0.25, -0.2) is 4.79 Å². The van der Waals surface area contributed by atoms with E-state index in [1.165, 1.54) is 32.7 Å². The molecule has 0 radical (unpaired) electrons. The highest BCUT2D eigenvalue weighted by atomic mass is 32.1. The maximum atomic E-state index is 12.7. The van der Waals surface area contributed by atoms with Crippen LogP contribution in [0.5, 0.6) is 11.5 Å². The zero-order chi connectivity index (χ0) is 18.7. The van der Waals surface area contributed by atoms with Crippen molar-refractivity contribution in [2.24, 2.45) is 0 Å². The van der Waals surface area contributed by atoms with Gasteiger partial charge in [-0.2, -0.15) is 0 Å². The number of ether oxygens (including phenoxy) is 3. The Morgan fingerprint density at radius 2 is 1.69 bits per heavy atom. The molecule has 1 N–H and O–H groups in total. The lowest BCUT2D eigenvalue weighted by Gasteiger charge is -2.10. The monoisotopic (exact) mass is 371 g/mol. The number of anilines is 1. The van der Waals surface area contributed by atoms with Crippen molar-refractivity contribution in [3.63, 3.8) is 0 Å². The Morgan fingerprint density at radius 3 is 2.38 bits per heavy atom. The van der Waals surface area contributed by atoms with Crippen molar-refractivity contribution in [3.8, 4) is 11.5 Å². The first kappa shape index (κ1) is 17.8. The maximum Gasteiger partial charge on any atom is 0.341 e. The molecule has 0 spiro atoms. The molecular formula is C19H17NO5S. The van der Waals surface area contributed by atoms with Crippen LogP contribution in [0.3, 0.4) is 0 Å². The average molecular weight is 371 g/mol. The first-order chi connectivity index (χ1) is 12.6. The fourth-order valence-corrected chi connectivity index (χ4v) is 3.68. The predicted octanol–water partition coefficient (Wildman–Crippen LogP) is 3.96. The van der Waals surface area contributed by atoms with Crippen molar-refractivity contribution < 1.29 is 23.8 Å². The molecule has 0 aliphatic rings. The normalized spacial score (nSPS) is 10.4. The second-order valence-electron chi connectivity index (χ2n) is 5.32. The predicted molar refractivity (Wildman–Crippen MR) is 101 cm³/mol. The minimum absolute atomic E-state index is 0.349. The number of fused-ring (bicyclic) bond motifs is 1. The average Bonchev–Trinajstić information content (AvgIpc) is 3.04. The van der Waals surface area contributed by atoms with Gasteiger partial charge in [0, 0.05) is 15.6 Å². The second kappa shape index (κ2) is 7.45. The number of esters is 1. The number of amides is 1. The molecule has 3 rings (SSSR count). The van der Waals surface area contributed by atoms with Crippen LogP contribution in [-0.2, 0) is 4.74 Å². The van der Waals surface area contributed by atoms with Gasteiger partial charge in [0.25, 0.3) is 5.91 Å². The van der Waals surface area contributed by atoms with Gasteiger partial charge in [-0.3, -0.25) is 4.79 Å². The van der Waals surface area contributed by atoms with E-state index in [2.05, 4.69) is 5.32 Å². The van der Waals surface area contributed by atoms with Crippen LogP contribution in [0, 0.1) is 0 Å². The fraction of sp³-hybridized carbons (Fsp3) is 0.158. The molecule has 0 saturated heterocycles. The van der Waals surface area contributed by atoms with Gasteiger partial charge in [0.05, 0.1) is 21.3 Å². The summed E-state index contributed by atoms with van der Waals surface area (Å²) in [5, 5.41) is 3.99. The number of rotatable bonds is 5. The first-order valence-electron chi connectivity index (χ1n) is 7.72. The van der Waals surface area contributed by atoms with Crippen LogP contribution in [0.2, 0.25) is 0 Å². The van der Waals surface area contributed by atoms with Gasteiger partial charge in [-0.1, -0.05) is 18.2 Å². The van der Waals surface area contributed by atoms with Crippen LogP contribution in [0.15, 0.2) is 42.5 Å². The van der Waals surface area contributed by atoms with Crippen LogP contribution in [0.25, 0.3) is 10.1 Å². The Balaban J connectivity index is 1.98. The third-order valence-corrected chi connectivity index (χ3v) is 4.94. The molecule has 0 unspecified atom stereocenters. The lowest BCUT2D eigenvalue weighted by Crippen LogP contribution is -2.14. The molecule has 0 fully saturated rings. The summed E-state index contributed by atoms with van der Waals surface area (Å²) in [5.41, 5.74) is 0.734. The van der Waals surface area contributed by atoms with Gasteiger partial charge in [-0.15, -0.1) is 11.3 Å². The lowest BCUT2D eigenvalue weighted by atomic mass is 10.1. The minimum Gasteiger partial charge on any atom is -0.493 e. The van der Waals surface area contributed by atoms with E-state index in [1.54, 1.807) is 18.2 Å². The summed E-state index contributed by atoms with van der Waals surface area (Å²) >= 11 is 1.32. The van der Waals surface area contributed by atoms with E-state index < -0.39 is 5.97 Å². The van der Waals surface area contributed by atoms with Crippen molar-refractivity contribution in [1.82, 2.24) is 0 Å². The molecule has 0 atom stereocenters. The van der Waals surface area contributed by atoms with E-state index >= 15 is 0 Å². The number of benzene rings is 2. The summed E-state index contributed by atoms with van der Waals surface area (Å²) in [6.07, 6.45) is 0. The van der Waals surface area contributed by atoms with Crippen molar-refractivity contribution >= 4 is 38.3 Å². The Kier molecular flexibility index (Phi) is 5.09. The van der Waals surface area contributed by atoms with Gasteiger partial charge in [-0.05, 0) is 24.3 Å². The number of carbonyl (C=O) groups is 2. The zero-order valence-corrected chi connectivity index (χ0v) is 15.3. The minimum atomic E-state index is -0.495. The molecule has 6 nitrogen and oxygen atoms in total. The number of hydrogen-bond donors (Lipinski definition) is 1. The molecule has 0 aliphatic heterocycles. The van der Waals surface area contributed by atoms with Crippen LogP contribution >= 0.6 is 11.3 Å². The quantitative estimate of drug-likeness (QED) is 0.687. The Morgan fingerprint density at radius 1 is 0.962 bits per heavy atom. The third-order valence-electron chi connectivity index (χ3n) is 3.86. The summed E-state index contributed by atoms with van der Waals surface area (Å²) in [6, 6.07) is 12.3. The molecule has 3 aromatic rings. The number of thiophene rings is 1. The Hall–Kier alpha value is -3.06. The van der Waals surface area contributed by atoms with Crippen LogP contribution in [-0.4, -0.2) is 33.2 Å². The zero-order valence-electron chi connectivity index (χ0n) is 14.5. The Bertz CT molecular complexity index is 979. The number of methoxy groups -OCH3 is 3. The molecule has 134 valence electrons. The van der Waals surface area contributed by atoms with Crippen molar-refractivity contribution in [2.75, 3.05) is 26.6 Å². The van der Waals surface area contributed by atoms with Crippen molar-refractivity contribution in [2.45, 2.75) is 0 Å². The summed E-state index contributed by atoms with van der Waals surface area (Å²) in [6.45, 7) is 0. The molecule has 7 heteroatoms. The summed E-state index contributed by atoms with van der Waals surface area (Å²) in [4.78, 5) is 24.9. The topological polar surface area (TPSA) is 73.9 Å².